The third-order valence-electron chi connectivity index (χ3n) is 5.46. The second-order valence-electron chi connectivity index (χ2n) is 7.45. The SMILES string of the molecule is O=C(Nc1ccccc1N1CCCC1=O)C1CC(=O)N(c2ccc(F)c([N+](=O)[O-])c2)C1. The summed E-state index contributed by atoms with van der Waals surface area (Å²) in [6, 6.07) is 10.1. The van der Waals surface area contributed by atoms with Gasteiger partial charge in [0.25, 0.3) is 0 Å². The molecule has 31 heavy (non-hydrogen) atoms. The van der Waals surface area contributed by atoms with Gasteiger partial charge >= 0.3 is 5.69 Å². The Morgan fingerprint density at radius 1 is 1.13 bits per heavy atom. The molecule has 0 bridgehead atoms. The quantitative estimate of drug-likeness (QED) is 0.584. The van der Waals surface area contributed by atoms with E-state index in [1.54, 1.807) is 29.2 Å². The van der Waals surface area contributed by atoms with Crippen molar-refractivity contribution in [2.75, 3.05) is 28.2 Å². The van der Waals surface area contributed by atoms with Crippen LogP contribution in [0.4, 0.5) is 27.1 Å². The van der Waals surface area contributed by atoms with Gasteiger partial charge in [0.2, 0.25) is 23.5 Å². The first-order valence-electron chi connectivity index (χ1n) is 9.79. The Bertz CT molecular complexity index is 1090. The highest BCUT2D eigenvalue weighted by atomic mass is 19.1. The second kappa shape index (κ2) is 8.13. The minimum Gasteiger partial charge on any atom is -0.324 e. The van der Waals surface area contributed by atoms with Gasteiger partial charge in [-0.2, -0.15) is 4.39 Å². The molecule has 10 heteroatoms. The highest BCUT2D eigenvalue weighted by molar-refractivity contribution is 6.06. The topological polar surface area (TPSA) is 113 Å². The van der Waals surface area contributed by atoms with Crippen molar-refractivity contribution in [2.45, 2.75) is 19.3 Å². The van der Waals surface area contributed by atoms with Crippen molar-refractivity contribution in [3.63, 3.8) is 0 Å². The summed E-state index contributed by atoms with van der Waals surface area (Å²) >= 11 is 0. The average molecular weight is 426 g/mol. The molecule has 2 heterocycles. The number of amides is 3. The number of nitrogens with zero attached hydrogens (tertiary/aromatic N) is 3. The first-order valence-corrected chi connectivity index (χ1v) is 9.79. The molecule has 1 unspecified atom stereocenters. The fourth-order valence-corrected chi connectivity index (χ4v) is 3.89. The van der Waals surface area contributed by atoms with Crippen LogP contribution in [0.1, 0.15) is 19.3 Å². The van der Waals surface area contributed by atoms with Crippen molar-refractivity contribution in [1.29, 1.82) is 0 Å². The van der Waals surface area contributed by atoms with Crippen molar-refractivity contribution in [3.8, 4) is 0 Å². The van der Waals surface area contributed by atoms with E-state index >= 15 is 0 Å². The molecule has 2 fully saturated rings. The normalized spacial score (nSPS) is 18.5. The summed E-state index contributed by atoms with van der Waals surface area (Å²) in [4.78, 5) is 50.4. The molecule has 0 saturated carbocycles. The molecule has 2 saturated heterocycles. The summed E-state index contributed by atoms with van der Waals surface area (Å²) in [5.74, 6) is -2.49. The molecule has 2 aliphatic heterocycles. The Labute approximate surface area is 176 Å². The molecule has 160 valence electrons. The van der Waals surface area contributed by atoms with Gasteiger partial charge < -0.3 is 15.1 Å². The van der Waals surface area contributed by atoms with E-state index in [1.165, 1.54) is 11.0 Å². The Kier molecular flexibility index (Phi) is 5.37. The first kappa shape index (κ1) is 20.5. The molecule has 2 aliphatic rings. The van der Waals surface area contributed by atoms with Crippen molar-refractivity contribution in [2.24, 2.45) is 5.92 Å². The van der Waals surface area contributed by atoms with Crippen LogP contribution in [0.15, 0.2) is 42.5 Å². The van der Waals surface area contributed by atoms with Crippen LogP contribution in [-0.2, 0) is 14.4 Å². The average Bonchev–Trinajstić information content (AvgIpc) is 3.34. The number of nitrogens with one attached hydrogen (secondary N) is 1. The van der Waals surface area contributed by atoms with Crippen LogP contribution >= 0.6 is 0 Å². The molecule has 0 aromatic heterocycles. The summed E-state index contributed by atoms with van der Waals surface area (Å²) in [7, 11) is 0. The maximum Gasteiger partial charge on any atom is 0.306 e. The van der Waals surface area contributed by atoms with Gasteiger partial charge in [-0.25, -0.2) is 0 Å². The maximum atomic E-state index is 13.6. The molecule has 4 rings (SSSR count). The molecule has 9 nitrogen and oxygen atoms in total. The fourth-order valence-electron chi connectivity index (χ4n) is 3.89. The van der Waals surface area contributed by atoms with E-state index in [2.05, 4.69) is 5.32 Å². The fraction of sp³-hybridized carbons (Fsp3) is 0.286. The highest BCUT2D eigenvalue weighted by Gasteiger charge is 2.36. The van der Waals surface area contributed by atoms with Crippen molar-refractivity contribution in [3.05, 3.63) is 58.4 Å². The van der Waals surface area contributed by atoms with Crippen LogP contribution in [0.5, 0.6) is 0 Å². The summed E-state index contributed by atoms with van der Waals surface area (Å²) in [5.41, 5.74) is 0.513. The number of halogens is 1. The molecule has 0 aliphatic carbocycles. The lowest BCUT2D eigenvalue weighted by atomic mass is 10.1. The molecule has 0 radical (unpaired) electrons. The van der Waals surface area contributed by atoms with E-state index in [0.717, 1.165) is 18.6 Å². The van der Waals surface area contributed by atoms with Gasteiger partial charge in [0.1, 0.15) is 0 Å². The van der Waals surface area contributed by atoms with Crippen LogP contribution < -0.4 is 15.1 Å². The number of hydrogen-bond donors (Lipinski definition) is 1. The van der Waals surface area contributed by atoms with E-state index in [0.29, 0.717) is 24.3 Å². The van der Waals surface area contributed by atoms with Crippen molar-refractivity contribution in [1.82, 2.24) is 0 Å². The molecule has 0 spiro atoms. The van der Waals surface area contributed by atoms with Gasteiger partial charge in [-0.3, -0.25) is 24.5 Å². The van der Waals surface area contributed by atoms with E-state index in [4.69, 9.17) is 0 Å². The van der Waals surface area contributed by atoms with Crippen LogP contribution in [0.2, 0.25) is 0 Å². The largest absolute Gasteiger partial charge is 0.324 e. The standard InChI is InChI=1S/C21H19FN4O5/c22-15-8-7-14(11-18(15)26(30)31)25-12-13(10-20(25)28)21(29)23-16-4-1-2-5-17(16)24-9-3-6-19(24)27/h1-2,4-5,7-8,11,13H,3,6,9-10,12H2,(H,23,29). The number of hydrogen-bond acceptors (Lipinski definition) is 5. The third-order valence-corrected chi connectivity index (χ3v) is 5.46. The summed E-state index contributed by atoms with van der Waals surface area (Å²) in [5, 5.41) is 13.8. The van der Waals surface area contributed by atoms with Gasteiger partial charge in [-0.05, 0) is 30.7 Å². The molecule has 1 atom stereocenters. The number of rotatable bonds is 5. The Hall–Kier alpha value is -3.82. The third kappa shape index (κ3) is 3.96. The monoisotopic (exact) mass is 426 g/mol. The van der Waals surface area contributed by atoms with Crippen LogP contribution in [0.25, 0.3) is 0 Å². The zero-order valence-corrected chi connectivity index (χ0v) is 16.4. The lowest BCUT2D eigenvalue weighted by molar-refractivity contribution is -0.387. The van der Waals surface area contributed by atoms with Gasteiger partial charge in [0.05, 0.1) is 27.9 Å². The number of anilines is 3. The number of para-hydroxylation sites is 2. The van der Waals surface area contributed by atoms with Crippen molar-refractivity contribution < 1.29 is 23.7 Å². The van der Waals surface area contributed by atoms with Crippen LogP contribution in [0.3, 0.4) is 0 Å². The lowest BCUT2D eigenvalue weighted by Crippen LogP contribution is -2.29. The van der Waals surface area contributed by atoms with E-state index < -0.39 is 28.3 Å². The van der Waals surface area contributed by atoms with Crippen LogP contribution in [-0.4, -0.2) is 35.7 Å². The number of nitro groups is 1. The smallest absolute Gasteiger partial charge is 0.306 e. The summed E-state index contributed by atoms with van der Waals surface area (Å²) in [6.45, 7) is 0.586. The molecule has 2 aromatic carbocycles. The highest BCUT2D eigenvalue weighted by Crippen LogP contribution is 2.32. The molecule has 1 N–H and O–H groups in total. The van der Waals surface area contributed by atoms with Crippen LogP contribution in [0, 0.1) is 21.8 Å². The first-order chi connectivity index (χ1) is 14.8. The molecule has 2 aromatic rings. The maximum absolute atomic E-state index is 13.6. The zero-order valence-electron chi connectivity index (χ0n) is 16.4. The molecular weight excluding hydrogens is 407 g/mol. The van der Waals surface area contributed by atoms with Gasteiger partial charge in [-0.15, -0.1) is 0 Å². The van der Waals surface area contributed by atoms with Gasteiger partial charge in [0.15, 0.2) is 0 Å². The molecular formula is C21H19FN4O5. The number of nitro benzene ring substituents is 1. The summed E-state index contributed by atoms with van der Waals surface area (Å²) in [6.07, 6.45) is 1.12. The zero-order chi connectivity index (χ0) is 22.1. The van der Waals surface area contributed by atoms with E-state index in [9.17, 15) is 28.9 Å². The molecule has 3 amide bonds. The van der Waals surface area contributed by atoms with Crippen molar-refractivity contribution >= 4 is 40.5 Å². The number of benzene rings is 2. The van der Waals surface area contributed by atoms with E-state index in [-0.39, 0.29) is 30.5 Å². The van der Waals surface area contributed by atoms with E-state index in [1.807, 2.05) is 0 Å². The second-order valence-corrected chi connectivity index (χ2v) is 7.45. The van der Waals surface area contributed by atoms with Gasteiger partial charge in [-0.1, -0.05) is 12.1 Å². The lowest BCUT2D eigenvalue weighted by Gasteiger charge is -2.21. The number of carbonyl (C=O) groups excluding carboxylic acids is 3. The summed E-state index contributed by atoms with van der Waals surface area (Å²) < 4.78 is 13.6. The Morgan fingerprint density at radius 3 is 2.61 bits per heavy atom. The predicted octanol–water partition coefficient (Wildman–Crippen LogP) is 2.85. The van der Waals surface area contributed by atoms with Gasteiger partial charge in [0, 0.05) is 32.0 Å². The Morgan fingerprint density at radius 2 is 1.90 bits per heavy atom. The Balaban J connectivity index is 1.51. The predicted molar refractivity (Wildman–Crippen MR) is 110 cm³/mol. The number of carbonyl (C=O) groups is 3. The minimum absolute atomic E-state index is 0.0122. The minimum atomic E-state index is -0.997.